The molecular formula is C26H37N5O4S. The van der Waals surface area contributed by atoms with Crippen molar-refractivity contribution < 1.29 is 19.1 Å². The fraction of sp³-hybridized carbons (Fsp3) is 0.615. The average Bonchev–Trinajstić information content (AvgIpc) is 3.51. The van der Waals surface area contributed by atoms with Gasteiger partial charge in [0.1, 0.15) is 5.01 Å². The lowest BCUT2D eigenvalue weighted by Crippen LogP contribution is -2.35. The Labute approximate surface area is 217 Å². The number of anilines is 2. The standard InChI is InChI=1S/C25H33N5O4S.CH4/c31-23-15-19(17-30(23)20-6-4-18(5-7-20)16-29-10-13-33-14-11-29)24(32)26-25-28-27-22(35-25)9-8-21-3-1-2-12-34-21;/h4-7,19,21H,1-3,8-17H2,(H,26,28,32);1H4/t19-,21?;/m0./s1. The van der Waals surface area contributed by atoms with Crippen LogP contribution >= 0.6 is 11.3 Å². The number of morpholine rings is 1. The first-order valence-electron chi connectivity index (χ1n) is 12.6. The van der Waals surface area contributed by atoms with Gasteiger partial charge in [-0.2, -0.15) is 0 Å². The van der Waals surface area contributed by atoms with Crippen LogP contribution in [-0.2, 0) is 32.0 Å². The van der Waals surface area contributed by atoms with Gasteiger partial charge in [-0.05, 0) is 43.4 Å². The Hall–Kier alpha value is -2.40. The number of carbonyl (C=O) groups is 2. The molecule has 10 heteroatoms. The van der Waals surface area contributed by atoms with Gasteiger partial charge < -0.3 is 19.7 Å². The van der Waals surface area contributed by atoms with Crippen LogP contribution < -0.4 is 10.2 Å². The van der Waals surface area contributed by atoms with Crippen molar-refractivity contribution in [3.63, 3.8) is 0 Å². The maximum atomic E-state index is 12.8. The van der Waals surface area contributed by atoms with Gasteiger partial charge in [0.05, 0.1) is 25.2 Å². The maximum absolute atomic E-state index is 12.8. The Morgan fingerprint density at radius 2 is 1.92 bits per heavy atom. The number of hydrogen-bond donors (Lipinski definition) is 1. The Morgan fingerprint density at radius 1 is 1.11 bits per heavy atom. The van der Waals surface area contributed by atoms with Gasteiger partial charge >= 0.3 is 0 Å². The molecule has 1 aromatic heterocycles. The maximum Gasteiger partial charge on any atom is 0.231 e. The first-order chi connectivity index (χ1) is 17.1. The molecule has 0 bridgehead atoms. The third-order valence-electron chi connectivity index (χ3n) is 6.90. The molecule has 9 nitrogen and oxygen atoms in total. The largest absolute Gasteiger partial charge is 0.379 e. The summed E-state index contributed by atoms with van der Waals surface area (Å²) in [5.41, 5.74) is 2.04. The number of carbonyl (C=O) groups excluding carboxylic acids is 2. The second-order valence-electron chi connectivity index (χ2n) is 9.48. The van der Waals surface area contributed by atoms with Crippen LogP contribution in [0.5, 0.6) is 0 Å². The van der Waals surface area contributed by atoms with E-state index in [9.17, 15) is 9.59 Å². The molecular weight excluding hydrogens is 478 g/mol. The van der Waals surface area contributed by atoms with Gasteiger partial charge in [0.25, 0.3) is 0 Å². The van der Waals surface area contributed by atoms with E-state index in [0.29, 0.717) is 17.8 Å². The lowest BCUT2D eigenvalue weighted by Gasteiger charge is -2.26. The number of nitrogens with zero attached hydrogens (tertiary/aromatic N) is 4. The molecule has 5 rings (SSSR count). The van der Waals surface area contributed by atoms with E-state index in [1.54, 1.807) is 4.90 Å². The van der Waals surface area contributed by atoms with E-state index >= 15 is 0 Å². The average molecular weight is 516 g/mol. The predicted molar refractivity (Wildman–Crippen MR) is 140 cm³/mol. The van der Waals surface area contributed by atoms with Crippen molar-refractivity contribution in [3.05, 3.63) is 34.8 Å². The number of benzene rings is 1. The molecule has 1 unspecified atom stereocenters. The highest BCUT2D eigenvalue weighted by Gasteiger charge is 2.35. The van der Waals surface area contributed by atoms with Crippen molar-refractivity contribution >= 4 is 34.0 Å². The summed E-state index contributed by atoms with van der Waals surface area (Å²) in [5.74, 6) is -0.613. The van der Waals surface area contributed by atoms with Crippen LogP contribution in [0, 0.1) is 5.92 Å². The molecule has 36 heavy (non-hydrogen) atoms. The number of rotatable bonds is 8. The van der Waals surface area contributed by atoms with Crippen LogP contribution in [0.15, 0.2) is 24.3 Å². The first-order valence-corrected chi connectivity index (χ1v) is 13.4. The third kappa shape index (κ3) is 6.88. The van der Waals surface area contributed by atoms with Crippen molar-refractivity contribution in [1.82, 2.24) is 15.1 Å². The van der Waals surface area contributed by atoms with E-state index in [1.165, 1.54) is 23.3 Å². The molecule has 3 fully saturated rings. The third-order valence-corrected chi connectivity index (χ3v) is 7.80. The van der Waals surface area contributed by atoms with Crippen LogP contribution in [0.4, 0.5) is 10.8 Å². The number of aryl methyl sites for hydroxylation is 1. The quantitative estimate of drug-likeness (QED) is 0.575. The minimum Gasteiger partial charge on any atom is -0.379 e. The second-order valence-corrected chi connectivity index (χ2v) is 10.5. The van der Waals surface area contributed by atoms with E-state index in [2.05, 4.69) is 32.5 Å². The molecule has 0 saturated carbocycles. The van der Waals surface area contributed by atoms with Gasteiger partial charge in [0.15, 0.2) is 0 Å². The fourth-order valence-electron chi connectivity index (χ4n) is 4.86. The van der Waals surface area contributed by atoms with Gasteiger partial charge in [-0.1, -0.05) is 30.9 Å². The monoisotopic (exact) mass is 515 g/mol. The zero-order valence-electron chi connectivity index (χ0n) is 20.0. The SMILES string of the molecule is C.O=C(Nc1nnc(CCC2CCCCO2)s1)[C@H]1CC(=O)N(c2ccc(CN3CCOCC3)cc2)C1. The molecule has 3 aliphatic rings. The Kier molecular flexibility index (Phi) is 9.41. The van der Waals surface area contributed by atoms with E-state index in [0.717, 1.165) is 75.8 Å². The smallest absolute Gasteiger partial charge is 0.231 e. The summed E-state index contributed by atoms with van der Waals surface area (Å²) in [6, 6.07) is 8.07. The van der Waals surface area contributed by atoms with Crippen molar-refractivity contribution in [1.29, 1.82) is 0 Å². The lowest BCUT2D eigenvalue weighted by atomic mass is 10.1. The molecule has 2 amide bonds. The molecule has 1 N–H and O–H groups in total. The van der Waals surface area contributed by atoms with E-state index < -0.39 is 5.92 Å². The second kappa shape index (κ2) is 12.7. The van der Waals surface area contributed by atoms with Crippen LogP contribution in [-0.4, -0.2) is 72.5 Å². The first kappa shape index (κ1) is 26.7. The number of aromatic nitrogens is 2. The zero-order chi connectivity index (χ0) is 24.0. The summed E-state index contributed by atoms with van der Waals surface area (Å²) >= 11 is 1.40. The summed E-state index contributed by atoms with van der Waals surface area (Å²) in [4.78, 5) is 29.6. The Balaban J connectivity index is 0.00000304. The van der Waals surface area contributed by atoms with Gasteiger partial charge in [-0.25, -0.2) is 0 Å². The van der Waals surface area contributed by atoms with E-state index in [4.69, 9.17) is 9.47 Å². The molecule has 3 saturated heterocycles. The predicted octanol–water partition coefficient (Wildman–Crippen LogP) is 3.50. The van der Waals surface area contributed by atoms with Gasteiger partial charge in [-0.3, -0.25) is 14.5 Å². The summed E-state index contributed by atoms with van der Waals surface area (Å²) < 4.78 is 11.2. The van der Waals surface area contributed by atoms with Gasteiger partial charge in [0, 0.05) is 51.3 Å². The number of nitrogens with one attached hydrogen (secondary N) is 1. The summed E-state index contributed by atoms with van der Waals surface area (Å²) in [6.45, 7) is 5.52. The van der Waals surface area contributed by atoms with Crippen molar-refractivity contribution in [2.45, 2.75) is 58.6 Å². The van der Waals surface area contributed by atoms with Crippen molar-refractivity contribution in [2.75, 3.05) is 49.7 Å². The molecule has 0 spiro atoms. The molecule has 0 radical (unpaired) electrons. The summed E-state index contributed by atoms with van der Waals surface area (Å²) in [5, 5.41) is 12.6. The zero-order valence-corrected chi connectivity index (χ0v) is 20.8. The van der Waals surface area contributed by atoms with Crippen LogP contribution in [0.25, 0.3) is 0 Å². The molecule has 1 aromatic carbocycles. The molecule has 196 valence electrons. The van der Waals surface area contributed by atoms with Crippen molar-refractivity contribution in [3.8, 4) is 0 Å². The number of amides is 2. The van der Waals surface area contributed by atoms with Crippen LogP contribution in [0.1, 0.15) is 50.1 Å². The minimum atomic E-state index is -0.404. The number of hydrogen-bond acceptors (Lipinski definition) is 8. The normalized spacial score (nSPS) is 22.9. The van der Waals surface area contributed by atoms with Gasteiger partial charge in [-0.15, -0.1) is 10.2 Å². The number of ether oxygens (including phenoxy) is 2. The molecule has 2 atom stereocenters. The Morgan fingerprint density at radius 3 is 2.67 bits per heavy atom. The molecule has 0 aliphatic carbocycles. The van der Waals surface area contributed by atoms with E-state index in [1.807, 2.05) is 12.1 Å². The molecule has 2 aromatic rings. The fourth-order valence-corrected chi connectivity index (χ4v) is 5.62. The highest BCUT2D eigenvalue weighted by Crippen LogP contribution is 2.28. The van der Waals surface area contributed by atoms with Crippen LogP contribution in [0.3, 0.4) is 0 Å². The van der Waals surface area contributed by atoms with E-state index in [-0.39, 0.29) is 25.7 Å². The molecule has 3 aliphatic heterocycles. The highest BCUT2D eigenvalue weighted by molar-refractivity contribution is 7.15. The topological polar surface area (TPSA) is 96.9 Å². The molecule has 4 heterocycles. The Bertz CT molecular complexity index is 1000. The summed E-state index contributed by atoms with van der Waals surface area (Å²) in [7, 11) is 0. The highest BCUT2D eigenvalue weighted by atomic mass is 32.1. The van der Waals surface area contributed by atoms with Crippen molar-refractivity contribution in [2.24, 2.45) is 5.92 Å². The summed E-state index contributed by atoms with van der Waals surface area (Å²) in [6.07, 6.45) is 5.70. The van der Waals surface area contributed by atoms with Crippen LogP contribution in [0.2, 0.25) is 0 Å². The lowest BCUT2D eigenvalue weighted by molar-refractivity contribution is -0.122. The minimum absolute atomic E-state index is 0. The van der Waals surface area contributed by atoms with Gasteiger partial charge in [0.2, 0.25) is 16.9 Å².